The minimum absolute atomic E-state index is 0. The summed E-state index contributed by atoms with van der Waals surface area (Å²) in [4.78, 5) is 123. The van der Waals surface area contributed by atoms with Crippen LogP contribution in [0.15, 0.2) is 92.0 Å². The molecule has 14 unspecified atom stereocenters. The number of hydrogen-bond acceptors (Lipinski definition) is 32. The van der Waals surface area contributed by atoms with Gasteiger partial charge in [0.15, 0.2) is 0 Å². The zero-order valence-corrected chi connectivity index (χ0v) is 95.1. The van der Waals surface area contributed by atoms with Crippen LogP contribution in [0.1, 0.15) is 308 Å². The number of thiol groups is 2. The van der Waals surface area contributed by atoms with Gasteiger partial charge in [0.05, 0.1) is 104 Å². The first kappa shape index (κ1) is 147. The van der Waals surface area contributed by atoms with Gasteiger partial charge in [0.25, 0.3) is 0 Å². The van der Waals surface area contributed by atoms with E-state index in [2.05, 4.69) is 121 Å². The molecule has 3 rings (SSSR count). The van der Waals surface area contributed by atoms with Crippen molar-refractivity contribution in [3.05, 3.63) is 125 Å². The van der Waals surface area contributed by atoms with Crippen molar-refractivity contribution < 1.29 is 95.3 Å². The molecule has 0 aliphatic carbocycles. The van der Waals surface area contributed by atoms with Crippen LogP contribution >= 0.6 is 144 Å². The molecule has 0 bridgehead atoms. The summed E-state index contributed by atoms with van der Waals surface area (Å²) in [5, 5.41) is -1.28. The molecule has 0 aliphatic heterocycles. The van der Waals surface area contributed by atoms with Crippen molar-refractivity contribution in [1.82, 2.24) is 0 Å². The smallest absolute Gasteiger partial charge is 0.330 e. The summed E-state index contributed by atoms with van der Waals surface area (Å²) in [6.07, 6.45) is 21.4. The molecule has 0 amide bonds. The Morgan fingerprint density at radius 1 is 0.374 bits per heavy atom. The third kappa shape index (κ3) is 68.4. The predicted molar refractivity (Wildman–Crippen MR) is 618 cm³/mol. The minimum atomic E-state index is -0.584. The lowest BCUT2D eigenvalue weighted by Gasteiger charge is -2.37. The lowest BCUT2D eigenvalue weighted by molar-refractivity contribution is -0.153. The Balaban J connectivity index is -0.000000339. The molecule has 0 aromatic heterocycles. The highest BCUT2D eigenvalue weighted by atomic mass is 32.2. The second kappa shape index (κ2) is 91.9. The monoisotopic (exact) mass is 2170 g/mol. The van der Waals surface area contributed by atoms with Gasteiger partial charge in [0.1, 0.15) is 26.3 Å². The summed E-state index contributed by atoms with van der Waals surface area (Å²) in [6, 6.07) is 24.5. The SMILES string of the molecule is C.C.C.C.C=CC(=O)OCCCC.C=Cc1ccc(CS)cc1.CCCCOC(=O)C(C)CSCc1ccc(C(CC(CC(C)C(=O)OC)C(=O)OCCCC)CC(SC(=S)SC)C(=O)OCCCC)cc1.CCCCOC(=O)C(CC(C)C(=O)OC)CC(CC(SC(=S)SC)C(=O)OCCCC)c1ccc(CS)cc1.COC(=O)C(C)C(C)C(C(C)C)C(C)C(C)C.COC(=O)C(C)SC(=S)SC. The van der Waals surface area contributed by atoms with E-state index in [1.807, 2.05) is 122 Å². The number of carbonyl (C=O) groups excluding carboxylic acids is 10. The molecule has 0 radical (unpaired) electrons. The van der Waals surface area contributed by atoms with E-state index in [1.165, 1.54) is 111 Å². The van der Waals surface area contributed by atoms with E-state index in [1.54, 1.807) is 32.5 Å². The fraction of sp³-hybridized carbons (Fsp3) is 0.673. The number of unbranched alkanes of at least 4 members (excludes halogenated alkanes) is 6. The molecule has 32 heteroatoms. The topological polar surface area (TPSA) is 263 Å². The Morgan fingerprint density at radius 2 is 0.698 bits per heavy atom. The maximum atomic E-state index is 13.5. The van der Waals surface area contributed by atoms with Gasteiger partial charge in [-0.25, -0.2) is 4.79 Å². The van der Waals surface area contributed by atoms with Crippen LogP contribution in [-0.4, -0.2) is 179 Å². The van der Waals surface area contributed by atoms with Crippen molar-refractivity contribution >= 4 is 221 Å². The Labute approximate surface area is 899 Å². The van der Waals surface area contributed by atoms with Gasteiger partial charge >= 0.3 is 59.7 Å². The normalized spacial score (nSPS) is 13.5. The Kier molecular flexibility index (Phi) is 97.3. The molecule has 3 aromatic rings. The average molecular weight is 2170 g/mol. The predicted octanol–water partition coefficient (Wildman–Crippen LogP) is 29.0. The zero-order chi connectivity index (χ0) is 103. The number of thioether (sulfide) groups is 7. The number of benzene rings is 3. The van der Waals surface area contributed by atoms with Crippen LogP contribution in [0.2, 0.25) is 0 Å². The zero-order valence-electron chi connectivity index (χ0n) is 85.2. The van der Waals surface area contributed by atoms with Crippen LogP contribution in [0.3, 0.4) is 0 Å². The Bertz CT molecular complexity index is 3820. The highest BCUT2D eigenvalue weighted by Gasteiger charge is 2.38. The highest BCUT2D eigenvalue weighted by molar-refractivity contribution is 8.48. The van der Waals surface area contributed by atoms with E-state index in [9.17, 15) is 47.9 Å². The molecule has 0 heterocycles. The molecule has 800 valence electrons. The third-order valence-corrected chi connectivity index (χ3v) is 32.3. The summed E-state index contributed by atoms with van der Waals surface area (Å²) in [5.41, 5.74) is 6.55. The second-order valence-electron chi connectivity index (χ2n) is 33.5. The van der Waals surface area contributed by atoms with Crippen molar-refractivity contribution in [2.24, 2.45) is 65.1 Å². The van der Waals surface area contributed by atoms with Crippen LogP contribution < -0.4 is 0 Å². The number of hydrogen-bond donors (Lipinski definition) is 2. The fourth-order valence-electron chi connectivity index (χ4n) is 13.4. The highest BCUT2D eigenvalue weighted by Crippen LogP contribution is 2.41. The van der Waals surface area contributed by atoms with Crippen molar-refractivity contribution in [3.63, 3.8) is 0 Å². The molecule has 0 aliphatic rings. The quantitative estimate of drug-likeness (QED) is 0.0133. The van der Waals surface area contributed by atoms with E-state index in [-0.39, 0.29) is 125 Å². The number of esters is 10. The van der Waals surface area contributed by atoms with E-state index >= 15 is 0 Å². The average Bonchev–Trinajstić information content (AvgIpc) is 0.996. The van der Waals surface area contributed by atoms with Crippen molar-refractivity contribution in [3.8, 4) is 0 Å². The van der Waals surface area contributed by atoms with Gasteiger partial charge in [0, 0.05) is 29.1 Å². The maximum absolute atomic E-state index is 13.5. The molecule has 3 aromatic carbocycles. The number of methoxy groups -OCH3 is 4. The fourth-order valence-corrected chi connectivity index (χ4v) is 20.2. The Hall–Kier alpha value is -4.74. The second-order valence-corrected chi connectivity index (χ2v) is 44.9. The summed E-state index contributed by atoms with van der Waals surface area (Å²) in [6.45, 7) is 44.2. The number of ether oxygens (including phenoxy) is 10. The van der Waals surface area contributed by atoms with Crippen molar-refractivity contribution in [2.75, 3.05) is 92.6 Å². The number of thiocarbonyl (C=S) groups is 3. The van der Waals surface area contributed by atoms with Crippen molar-refractivity contribution in [2.45, 2.75) is 308 Å². The lowest BCUT2D eigenvalue weighted by Crippen LogP contribution is -2.34. The standard InChI is InChI=1S/C37H58O8S4.C29H44O6S4.C15H30O2.C9H10S.C7H12O2.C6H10O2S3.4CH4/c1-8-11-18-43-34(39)27(5)24-48-25-28-14-16-29(17-15-28)30(23-32(49-37(46)47-7)36(41)45-20-13-10-3)22-31(21-26(4)33(38)42-6)35(40)44-19-12-9-2;1-6-8-14-34-27(31)24(16-20(3)26(30)33-4)17-23(22-12-10-21(19-36)11-13-22)18-25(39-29(37)38-5)28(32)35-15-9-7-2;1-9(2)11(5)14(10(3)4)12(6)13(7)15(16)17-8;1-2-8-3-5-9(7-10)6-4-8;1-3-5-6-9-7(8)4-2;1-4(5(7)8-2)11-6(9)10-3;;;;/h14-17,26-27,30-32H,8-13,18-25H2,1-7H3;10-13,20,23-25,36H,6-9,14-19H2,1-5H3;9-14H,1-8H3;2-6,10H,1,7H2;4H,2-3,5-6H2,1H3;4H,1-3H3;4*1H4. The molecule has 139 heavy (non-hydrogen) atoms. The number of carbonyl (C=O) groups is 10. The first-order chi connectivity index (χ1) is 64.2. The van der Waals surface area contributed by atoms with Gasteiger partial charge in [-0.3, -0.25) is 43.2 Å². The molecule has 0 fully saturated rings. The van der Waals surface area contributed by atoms with E-state index in [4.69, 9.17) is 74.5 Å². The first-order valence-electron chi connectivity index (χ1n) is 47.1. The molecule has 20 nitrogen and oxygen atoms in total. The minimum Gasteiger partial charge on any atom is -0.469 e. The largest absolute Gasteiger partial charge is 0.469 e. The van der Waals surface area contributed by atoms with Gasteiger partial charge in [-0.05, 0) is 178 Å². The summed E-state index contributed by atoms with van der Waals surface area (Å²) in [5.74, 6) is 0.0134. The van der Waals surface area contributed by atoms with E-state index in [0.29, 0.717) is 120 Å². The molecule has 0 N–H and O–H groups in total. The lowest BCUT2D eigenvalue weighted by atomic mass is 9.68. The molecule has 0 spiro atoms. The molecular formula is C107H180O20S12. The molecule has 14 atom stereocenters. The van der Waals surface area contributed by atoms with Gasteiger partial charge < -0.3 is 47.4 Å². The van der Waals surface area contributed by atoms with Crippen LogP contribution in [0.25, 0.3) is 6.08 Å². The maximum Gasteiger partial charge on any atom is 0.330 e. The summed E-state index contributed by atoms with van der Waals surface area (Å²) in [7, 11) is 5.54. The van der Waals surface area contributed by atoms with E-state index < -0.39 is 34.2 Å². The van der Waals surface area contributed by atoms with Gasteiger partial charge in [0.2, 0.25) is 0 Å². The van der Waals surface area contributed by atoms with Gasteiger partial charge in [-0.2, -0.15) is 37.0 Å². The van der Waals surface area contributed by atoms with Gasteiger partial charge in [-0.1, -0.05) is 343 Å². The van der Waals surface area contributed by atoms with E-state index in [0.717, 1.165) is 120 Å². The van der Waals surface area contributed by atoms with Crippen LogP contribution in [0.5, 0.6) is 0 Å². The van der Waals surface area contributed by atoms with Crippen LogP contribution in [0, 0.1) is 65.1 Å². The first-order valence-corrected chi connectivity index (χ1v) is 57.0. The van der Waals surface area contributed by atoms with Crippen LogP contribution in [0.4, 0.5) is 0 Å². The Morgan fingerprint density at radius 3 is 1.01 bits per heavy atom. The van der Waals surface area contributed by atoms with Crippen LogP contribution in [-0.2, 0) is 113 Å². The summed E-state index contributed by atoms with van der Waals surface area (Å²) < 4.78 is 53.9. The molecule has 0 saturated carbocycles. The summed E-state index contributed by atoms with van der Waals surface area (Å²) >= 11 is 34.4. The number of rotatable bonds is 57. The van der Waals surface area contributed by atoms with Gasteiger partial charge in [-0.15, -0.1) is 35.3 Å². The molecular weight excluding hydrogens is 1990 g/mol. The third-order valence-electron chi connectivity index (χ3n) is 22.1. The van der Waals surface area contributed by atoms with Crippen molar-refractivity contribution in [1.29, 1.82) is 0 Å². The molecule has 0 saturated heterocycles.